The van der Waals surface area contributed by atoms with Crippen LogP contribution in [-0.4, -0.2) is 59.3 Å². The monoisotopic (exact) mass is 352 g/mol. The molecule has 136 valence electrons. The van der Waals surface area contributed by atoms with Gasteiger partial charge in [-0.3, -0.25) is 14.6 Å². The zero-order chi connectivity index (χ0) is 18.4. The molecule has 1 fully saturated rings. The molecule has 0 atom stereocenters. The van der Waals surface area contributed by atoms with Gasteiger partial charge in [-0.2, -0.15) is 0 Å². The van der Waals surface area contributed by atoms with Crippen molar-refractivity contribution in [2.75, 3.05) is 38.0 Å². The van der Waals surface area contributed by atoms with Gasteiger partial charge >= 0.3 is 0 Å². The summed E-state index contributed by atoms with van der Waals surface area (Å²) in [6, 6.07) is 13.9. The molecule has 1 aromatic carbocycles. The molecule has 1 aliphatic rings. The summed E-state index contributed by atoms with van der Waals surface area (Å²) in [5, 5.41) is 3.35. The van der Waals surface area contributed by atoms with Crippen molar-refractivity contribution >= 4 is 17.5 Å². The van der Waals surface area contributed by atoms with Crippen LogP contribution in [0.25, 0.3) is 0 Å². The number of anilines is 1. The smallest absolute Gasteiger partial charge is 0.272 e. The molecule has 2 amide bonds. The van der Waals surface area contributed by atoms with Crippen LogP contribution in [0.5, 0.6) is 0 Å². The van der Waals surface area contributed by atoms with Crippen LogP contribution in [0.3, 0.4) is 0 Å². The number of rotatable bonds is 5. The number of carbonyl (C=O) groups excluding carboxylic acids is 2. The largest absolute Gasteiger partial charge is 0.385 e. The zero-order valence-corrected chi connectivity index (χ0v) is 15.0. The molecule has 0 spiro atoms. The lowest BCUT2D eigenvalue weighted by atomic mass is 10.1. The summed E-state index contributed by atoms with van der Waals surface area (Å²) in [4.78, 5) is 31.8. The van der Waals surface area contributed by atoms with Gasteiger partial charge in [0.15, 0.2) is 0 Å². The summed E-state index contributed by atoms with van der Waals surface area (Å²) < 4.78 is 0. The highest BCUT2D eigenvalue weighted by Crippen LogP contribution is 2.12. The van der Waals surface area contributed by atoms with Crippen molar-refractivity contribution in [1.29, 1.82) is 0 Å². The highest BCUT2D eigenvalue weighted by Gasteiger charge is 2.24. The maximum atomic E-state index is 12.7. The third-order valence-corrected chi connectivity index (χ3v) is 4.58. The second-order valence-corrected chi connectivity index (χ2v) is 6.39. The van der Waals surface area contributed by atoms with Crippen molar-refractivity contribution in [3.8, 4) is 0 Å². The number of carbonyl (C=O) groups is 2. The molecule has 3 rings (SSSR count). The highest BCUT2D eigenvalue weighted by molar-refractivity contribution is 5.93. The van der Waals surface area contributed by atoms with Gasteiger partial charge in [0.25, 0.3) is 5.91 Å². The van der Waals surface area contributed by atoms with Gasteiger partial charge in [0.2, 0.25) is 5.91 Å². The zero-order valence-electron chi connectivity index (χ0n) is 15.0. The van der Waals surface area contributed by atoms with E-state index >= 15 is 0 Å². The minimum Gasteiger partial charge on any atom is -0.385 e. The van der Waals surface area contributed by atoms with E-state index in [1.165, 1.54) is 5.56 Å². The first-order chi connectivity index (χ1) is 12.6. The Balaban J connectivity index is 1.55. The van der Waals surface area contributed by atoms with E-state index in [2.05, 4.69) is 22.4 Å². The third-order valence-electron chi connectivity index (χ3n) is 4.58. The fraction of sp³-hybridized carbons (Fsp3) is 0.350. The average Bonchev–Trinajstić information content (AvgIpc) is 2.68. The van der Waals surface area contributed by atoms with Gasteiger partial charge in [-0.25, -0.2) is 0 Å². The first-order valence-corrected chi connectivity index (χ1v) is 8.92. The predicted molar refractivity (Wildman–Crippen MR) is 101 cm³/mol. The average molecular weight is 352 g/mol. The Morgan fingerprint density at radius 1 is 1.04 bits per heavy atom. The van der Waals surface area contributed by atoms with E-state index in [4.69, 9.17) is 0 Å². The minimum atomic E-state index is -0.0834. The summed E-state index contributed by atoms with van der Waals surface area (Å²) in [5.41, 5.74) is 2.60. The van der Waals surface area contributed by atoms with Gasteiger partial charge in [-0.1, -0.05) is 30.3 Å². The molecule has 2 heterocycles. The summed E-state index contributed by atoms with van der Waals surface area (Å²) in [6.07, 6.45) is 2.57. The number of amides is 2. The van der Waals surface area contributed by atoms with Crippen LogP contribution in [-0.2, 0) is 11.2 Å². The summed E-state index contributed by atoms with van der Waals surface area (Å²) in [6.45, 7) is 4.60. The summed E-state index contributed by atoms with van der Waals surface area (Å²) >= 11 is 0. The van der Waals surface area contributed by atoms with Crippen molar-refractivity contribution in [1.82, 2.24) is 14.8 Å². The second-order valence-electron chi connectivity index (χ2n) is 6.39. The first-order valence-electron chi connectivity index (χ1n) is 8.92. The van der Waals surface area contributed by atoms with E-state index in [0.29, 0.717) is 31.9 Å². The fourth-order valence-corrected chi connectivity index (χ4v) is 3.04. The standard InChI is InChI=1S/C20H24N4O2/c1-16(25)23-11-13-24(14-12-23)20(26)19-15-18(8-10-22-19)21-9-7-17-5-3-2-4-6-17/h2-6,8,10,15H,7,9,11-14H2,1H3,(H,21,22). The fourth-order valence-electron chi connectivity index (χ4n) is 3.04. The van der Waals surface area contributed by atoms with Gasteiger partial charge in [0.05, 0.1) is 0 Å². The molecule has 0 unspecified atom stereocenters. The highest BCUT2D eigenvalue weighted by atomic mass is 16.2. The van der Waals surface area contributed by atoms with Crippen molar-refractivity contribution in [2.24, 2.45) is 0 Å². The van der Waals surface area contributed by atoms with Gasteiger partial charge in [-0.15, -0.1) is 0 Å². The molecule has 1 aromatic heterocycles. The molecular weight excluding hydrogens is 328 g/mol. The van der Waals surface area contributed by atoms with Gasteiger partial charge in [0, 0.05) is 51.5 Å². The number of nitrogens with one attached hydrogen (secondary N) is 1. The molecule has 2 aromatic rings. The normalized spacial score (nSPS) is 14.2. The molecule has 0 aliphatic carbocycles. The Labute approximate surface area is 153 Å². The first kappa shape index (κ1) is 17.9. The Kier molecular flexibility index (Phi) is 5.84. The molecular formula is C20H24N4O2. The van der Waals surface area contributed by atoms with Crippen LogP contribution in [0.4, 0.5) is 5.69 Å². The van der Waals surface area contributed by atoms with Crippen molar-refractivity contribution in [3.63, 3.8) is 0 Å². The number of benzene rings is 1. The second kappa shape index (κ2) is 8.47. The van der Waals surface area contributed by atoms with Crippen LogP contribution in [0.1, 0.15) is 23.0 Å². The maximum absolute atomic E-state index is 12.7. The van der Waals surface area contributed by atoms with Gasteiger partial charge in [0.1, 0.15) is 5.69 Å². The Bertz CT molecular complexity index is 755. The molecule has 6 nitrogen and oxygen atoms in total. The number of pyridine rings is 1. The lowest BCUT2D eigenvalue weighted by Crippen LogP contribution is -2.50. The quantitative estimate of drug-likeness (QED) is 0.894. The van der Waals surface area contributed by atoms with Crippen LogP contribution < -0.4 is 5.32 Å². The molecule has 0 radical (unpaired) electrons. The molecule has 26 heavy (non-hydrogen) atoms. The Hall–Kier alpha value is -2.89. The molecule has 0 saturated carbocycles. The third kappa shape index (κ3) is 4.59. The minimum absolute atomic E-state index is 0.0554. The van der Waals surface area contributed by atoms with Crippen molar-refractivity contribution in [3.05, 3.63) is 59.9 Å². The molecule has 1 aliphatic heterocycles. The lowest BCUT2D eigenvalue weighted by molar-refractivity contribution is -0.130. The number of aromatic nitrogens is 1. The van der Waals surface area contributed by atoms with Crippen LogP contribution >= 0.6 is 0 Å². The van der Waals surface area contributed by atoms with Crippen molar-refractivity contribution in [2.45, 2.75) is 13.3 Å². The van der Waals surface area contributed by atoms with E-state index in [0.717, 1.165) is 18.7 Å². The van der Waals surface area contributed by atoms with Crippen LogP contribution in [0.15, 0.2) is 48.7 Å². The van der Waals surface area contributed by atoms with E-state index < -0.39 is 0 Å². The van der Waals surface area contributed by atoms with Crippen LogP contribution in [0.2, 0.25) is 0 Å². The van der Waals surface area contributed by atoms with Crippen LogP contribution in [0, 0.1) is 0 Å². The maximum Gasteiger partial charge on any atom is 0.272 e. The topological polar surface area (TPSA) is 65.5 Å². The Morgan fingerprint density at radius 2 is 1.73 bits per heavy atom. The van der Waals surface area contributed by atoms with Gasteiger partial charge in [-0.05, 0) is 24.1 Å². The van der Waals surface area contributed by atoms with Crippen molar-refractivity contribution < 1.29 is 9.59 Å². The molecule has 1 N–H and O–H groups in total. The Morgan fingerprint density at radius 3 is 2.42 bits per heavy atom. The predicted octanol–water partition coefficient (Wildman–Crippen LogP) is 2.04. The number of hydrogen-bond acceptors (Lipinski definition) is 4. The SMILES string of the molecule is CC(=O)N1CCN(C(=O)c2cc(NCCc3ccccc3)ccn2)CC1. The molecule has 1 saturated heterocycles. The van der Waals surface area contributed by atoms with Gasteiger partial charge < -0.3 is 15.1 Å². The van der Waals surface area contributed by atoms with E-state index in [9.17, 15) is 9.59 Å². The number of nitrogens with zero attached hydrogens (tertiary/aromatic N) is 3. The van der Waals surface area contributed by atoms with E-state index in [1.807, 2.05) is 24.3 Å². The van der Waals surface area contributed by atoms with E-state index in [1.54, 1.807) is 29.0 Å². The number of piperazine rings is 1. The molecule has 0 bridgehead atoms. The van der Waals surface area contributed by atoms with E-state index in [-0.39, 0.29) is 11.8 Å². The summed E-state index contributed by atoms with van der Waals surface area (Å²) in [7, 11) is 0. The lowest BCUT2D eigenvalue weighted by Gasteiger charge is -2.34. The number of hydrogen-bond donors (Lipinski definition) is 1. The summed E-state index contributed by atoms with van der Waals surface area (Å²) in [5.74, 6) is -0.0280. The molecule has 6 heteroatoms.